The van der Waals surface area contributed by atoms with Gasteiger partial charge in [0.15, 0.2) is 0 Å². The third kappa shape index (κ3) is 4.93. The highest BCUT2D eigenvalue weighted by Gasteiger charge is 2.35. The summed E-state index contributed by atoms with van der Waals surface area (Å²) in [5, 5.41) is 12.7. The molecule has 40 heavy (non-hydrogen) atoms. The first-order valence-electron chi connectivity index (χ1n) is 13.4. The maximum Gasteiger partial charge on any atom is 0.254 e. The number of pyridine rings is 2. The first-order valence-corrected chi connectivity index (χ1v) is 13.4. The van der Waals surface area contributed by atoms with Gasteiger partial charge in [0.1, 0.15) is 17.5 Å². The van der Waals surface area contributed by atoms with Crippen LogP contribution in [0, 0.1) is 23.1 Å². The first kappa shape index (κ1) is 28.4. The molecule has 0 spiro atoms. The number of nitrogens with one attached hydrogen (secondary N) is 1. The minimum Gasteiger partial charge on any atom is -0.366 e. The van der Waals surface area contributed by atoms with E-state index < -0.39 is 11.7 Å². The maximum absolute atomic E-state index is 14.3. The van der Waals surface area contributed by atoms with Crippen LogP contribution in [0.3, 0.4) is 0 Å². The van der Waals surface area contributed by atoms with Crippen molar-refractivity contribution in [1.29, 1.82) is 5.26 Å². The third-order valence-corrected chi connectivity index (χ3v) is 6.99. The average molecular weight is 541 g/mol. The topological polar surface area (TPSA) is 127 Å². The molecule has 0 radical (unpaired) electrons. The van der Waals surface area contributed by atoms with Crippen LogP contribution in [0.4, 0.5) is 4.39 Å². The zero-order valence-corrected chi connectivity index (χ0v) is 23.5. The molecule has 1 aliphatic rings. The summed E-state index contributed by atoms with van der Waals surface area (Å²) in [6, 6.07) is 9.59. The van der Waals surface area contributed by atoms with Crippen LogP contribution in [0.5, 0.6) is 0 Å². The summed E-state index contributed by atoms with van der Waals surface area (Å²) < 4.78 is 16.2. The fourth-order valence-corrected chi connectivity index (χ4v) is 5.16. The number of benzene rings is 1. The Kier molecular flexibility index (Phi) is 8.01. The van der Waals surface area contributed by atoms with E-state index in [0.29, 0.717) is 45.7 Å². The van der Waals surface area contributed by atoms with Gasteiger partial charge in [0.05, 0.1) is 40.2 Å². The van der Waals surface area contributed by atoms with Gasteiger partial charge in [-0.25, -0.2) is 9.37 Å². The summed E-state index contributed by atoms with van der Waals surface area (Å²) in [4.78, 5) is 35.1. The average Bonchev–Trinajstić information content (AvgIpc) is 3.47. The third-order valence-electron chi connectivity index (χ3n) is 6.99. The number of nitriles is 1. The second kappa shape index (κ2) is 11.3. The Labute approximate surface area is 233 Å². The van der Waals surface area contributed by atoms with Gasteiger partial charge in [0.25, 0.3) is 11.8 Å². The molecule has 1 aromatic carbocycles. The van der Waals surface area contributed by atoms with E-state index in [1.165, 1.54) is 12.1 Å². The Hall–Kier alpha value is -4.58. The number of carbonyl (C=O) groups is 2. The molecule has 2 amide bonds. The lowest BCUT2D eigenvalue weighted by Gasteiger charge is -2.18. The van der Waals surface area contributed by atoms with Crippen molar-refractivity contribution in [2.45, 2.75) is 60.0 Å². The van der Waals surface area contributed by atoms with Crippen molar-refractivity contribution in [3.8, 4) is 17.2 Å². The molecular formula is C31H33FN6O2. The lowest BCUT2D eigenvalue weighted by Crippen LogP contribution is -2.20. The Morgan fingerprint density at radius 3 is 2.55 bits per heavy atom. The molecule has 4 heterocycles. The van der Waals surface area contributed by atoms with Gasteiger partial charge in [-0.05, 0) is 56.0 Å². The van der Waals surface area contributed by atoms with Crippen molar-refractivity contribution in [3.63, 3.8) is 0 Å². The Morgan fingerprint density at radius 1 is 1.20 bits per heavy atom. The number of nitrogens with two attached hydrogens (primary N) is 1. The van der Waals surface area contributed by atoms with Crippen molar-refractivity contribution < 1.29 is 14.0 Å². The van der Waals surface area contributed by atoms with E-state index in [4.69, 9.17) is 21.0 Å². The minimum atomic E-state index is -0.646. The molecule has 8 nitrogen and oxygen atoms in total. The highest BCUT2D eigenvalue weighted by Crippen LogP contribution is 2.38. The highest BCUT2D eigenvalue weighted by molar-refractivity contribution is 6.11. The van der Waals surface area contributed by atoms with E-state index in [-0.39, 0.29) is 35.0 Å². The van der Waals surface area contributed by atoms with E-state index in [0.717, 1.165) is 5.39 Å². The summed E-state index contributed by atoms with van der Waals surface area (Å²) in [6.07, 6.45) is 4.01. The van der Waals surface area contributed by atoms with Gasteiger partial charge in [-0.3, -0.25) is 14.6 Å². The second-order valence-electron chi connectivity index (χ2n) is 10.1. The number of rotatable bonds is 6. The van der Waals surface area contributed by atoms with Gasteiger partial charge in [-0.2, -0.15) is 5.26 Å². The molecule has 2 atom stereocenters. The van der Waals surface area contributed by atoms with E-state index in [9.17, 15) is 14.0 Å². The molecule has 206 valence electrons. The fourth-order valence-electron chi connectivity index (χ4n) is 5.16. The van der Waals surface area contributed by atoms with Crippen LogP contribution in [0.15, 0.2) is 42.7 Å². The predicted octanol–water partition coefficient (Wildman–Crippen LogP) is 5.85. The minimum absolute atomic E-state index is 0.00795. The number of nitrogens with zero attached hydrogens (tertiary/aromatic N) is 4. The standard InChI is InChI=1S/C29H27FN6O2.C2H6/c1-14(2)9-22-24(27(32)37)23(25-26(35-22)15(3)34-29(25)38)20-10-18-7-8-36(28(18)33-13-20)16(4)17-5-6-19(12-31)21(30)11-17;1-2/h5-8,10-11,13-16H,9H2,1-4H3,(H2,32,37)(H,34,38);1-2H3. The predicted molar refractivity (Wildman–Crippen MR) is 152 cm³/mol. The maximum atomic E-state index is 14.3. The zero-order valence-electron chi connectivity index (χ0n) is 23.5. The van der Waals surface area contributed by atoms with Crippen LogP contribution in [0.1, 0.15) is 96.9 Å². The van der Waals surface area contributed by atoms with E-state index in [1.807, 2.05) is 70.5 Å². The van der Waals surface area contributed by atoms with Crippen LogP contribution in [-0.4, -0.2) is 26.3 Å². The monoisotopic (exact) mass is 540 g/mol. The molecule has 5 rings (SSSR count). The number of fused-ring (bicyclic) bond motifs is 2. The molecule has 2 unspecified atom stereocenters. The van der Waals surface area contributed by atoms with Crippen molar-refractivity contribution >= 4 is 22.8 Å². The van der Waals surface area contributed by atoms with Gasteiger partial charge in [-0.15, -0.1) is 0 Å². The van der Waals surface area contributed by atoms with Crippen LogP contribution < -0.4 is 11.1 Å². The molecule has 0 saturated carbocycles. The van der Waals surface area contributed by atoms with Crippen LogP contribution in [-0.2, 0) is 6.42 Å². The van der Waals surface area contributed by atoms with E-state index >= 15 is 0 Å². The summed E-state index contributed by atoms with van der Waals surface area (Å²) in [6.45, 7) is 11.8. The Bertz CT molecular complexity index is 1670. The Balaban J connectivity index is 0.00000181. The van der Waals surface area contributed by atoms with Gasteiger partial charge in [0, 0.05) is 28.9 Å². The van der Waals surface area contributed by atoms with E-state index in [1.54, 1.807) is 12.3 Å². The van der Waals surface area contributed by atoms with Gasteiger partial charge in [0.2, 0.25) is 0 Å². The van der Waals surface area contributed by atoms with Crippen molar-refractivity contribution in [3.05, 3.63) is 82.2 Å². The van der Waals surface area contributed by atoms with Crippen molar-refractivity contribution in [2.24, 2.45) is 11.7 Å². The number of hydrogen-bond donors (Lipinski definition) is 2. The SMILES string of the molecule is CC.CC(C)Cc1nc2c(c(-c3cnc4c(ccn4C(C)c4ccc(C#N)c(F)c4)c3)c1C(N)=O)C(=O)NC2C. The van der Waals surface area contributed by atoms with Gasteiger partial charge >= 0.3 is 0 Å². The van der Waals surface area contributed by atoms with Crippen molar-refractivity contribution in [1.82, 2.24) is 19.9 Å². The quantitative estimate of drug-likeness (QED) is 0.317. The molecule has 3 aromatic heterocycles. The number of aromatic nitrogens is 3. The van der Waals surface area contributed by atoms with Crippen molar-refractivity contribution in [2.75, 3.05) is 0 Å². The fraction of sp³-hybridized carbons (Fsp3) is 0.323. The normalized spacial score (nSPS) is 14.8. The number of carbonyl (C=O) groups excluding carboxylic acids is 2. The summed E-state index contributed by atoms with van der Waals surface area (Å²) in [5.74, 6) is -1.30. The molecule has 0 saturated heterocycles. The van der Waals surface area contributed by atoms with Crippen LogP contribution in [0.2, 0.25) is 0 Å². The number of hydrogen-bond acceptors (Lipinski definition) is 5. The zero-order chi connectivity index (χ0) is 29.3. The molecule has 9 heteroatoms. The summed E-state index contributed by atoms with van der Waals surface area (Å²) in [7, 11) is 0. The second-order valence-corrected chi connectivity index (χ2v) is 10.1. The van der Waals surface area contributed by atoms with Gasteiger partial charge in [-0.1, -0.05) is 33.8 Å². The largest absolute Gasteiger partial charge is 0.366 e. The molecule has 0 aliphatic carbocycles. The lowest BCUT2D eigenvalue weighted by molar-refractivity contribution is 0.0959. The van der Waals surface area contributed by atoms with Crippen LogP contribution >= 0.6 is 0 Å². The number of halogens is 1. The van der Waals surface area contributed by atoms with E-state index in [2.05, 4.69) is 5.32 Å². The van der Waals surface area contributed by atoms with Crippen LogP contribution in [0.25, 0.3) is 22.2 Å². The molecular weight excluding hydrogens is 507 g/mol. The number of amides is 2. The first-order chi connectivity index (χ1) is 19.1. The summed E-state index contributed by atoms with van der Waals surface area (Å²) in [5.41, 5.74) is 10.00. The highest BCUT2D eigenvalue weighted by atomic mass is 19.1. The Morgan fingerprint density at radius 2 is 1.93 bits per heavy atom. The smallest absolute Gasteiger partial charge is 0.254 e. The molecule has 1 aliphatic heterocycles. The summed E-state index contributed by atoms with van der Waals surface area (Å²) >= 11 is 0. The molecule has 0 bridgehead atoms. The lowest BCUT2D eigenvalue weighted by atomic mass is 9.90. The molecule has 4 aromatic rings. The van der Waals surface area contributed by atoms with Gasteiger partial charge < -0.3 is 15.6 Å². The molecule has 3 N–H and O–H groups in total. The number of primary amides is 1. The molecule has 0 fully saturated rings.